The van der Waals surface area contributed by atoms with E-state index in [2.05, 4.69) is 24.0 Å². The molecule has 5 rings (SSSR count). The Balaban J connectivity index is 1.62. The van der Waals surface area contributed by atoms with E-state index in [-0.39, 0.29) is 5.56 Å². The van der Waals surface area contributed by atoms with Gasteiger partial charge in [-0.2, -0.15) is 5.10 Å². The summed E-state index contributed by atoms with van der Waals surface area (Å²) in [6, 6.07) is 17.7. The van der Waals surface area contributed by atoms with E-state index in [1.165, 1.54) is 0 Å². The lowest BCUT2D eigenvalue weighted by Gasteiger charge is -2.11. The maximum Gasteiger partial charge on any atom is 0.261 e. The second-order valence-electron chi connectivity index (χ2n) is 7.77. The van der Waals surface area contributed by atoms with Gasteiger partial charge in [0.15, 0.2) is 17.1 Å². The van der Waals surface area contributed by atoms with Crippen LogP contribution in [0.2, 0.25) is 0 Å². The zero-order valence-electron chi connectivity index (χ0n) is 18.8. The van der Waals surface area contributed by atoms with Gasteiger partial charge in [-0.05, 0) is 35.7 Å². The van der Waals surface area contributed by atoms with E-state index in [0.29, 0.717) is 23.4 Å². The minimum absolute atomic E-state index is 0.119. The molecule has 0 spiro atoms. The fraction of sp³-hybridized carbons (Fsp3) is 0.192. The molecule has 0 amide bonds. The van der Waals surface area contributed by atoms with Gasteiger partial charge in [0.2, 0.25) is 0 Å². The van der Waals surface area contributed by atoms with Gasteiger partial charge in [-0.25, -0.2) is 9.50 Å². The van der Waals surface area contributed by atoms with Crippen LogP contribution in [0.3, 0.4) is 0 Å². The molecule has 7 nitrogen and oxygen atoms in total. The third-order valence-corrected chi connectivity index (χ3v) is 5.86. The van der Waals surface area contributed by atoms with Crippen LogP contribution in [0.15, 0.2) is 71.8 Å². The van der Waals surface area contributed by atoms with Crippen molar-refractivity contribution in [3.05, 3.63) is 88.6 Å². The molecule has 3 aromatic heterocycles. The van der Waals surface area contributed by atoms with Crippen molar-refractivity contribution < 1.29 is 9.47 Å². The fourth-order valence-electron chi connectivity index (χ4n) is 4.20. The summed E-state index contributed by atoms with van der Waals surface area (Å²) in [5.74, 6) is 1.28. The predicted octanol–water partition coefficient (Wildman–Crippen LogP) is 4.34. The molecule has 0 saturated heterocycles. The summed E-state index contributed by atoms with van der Waals surface area (Å²) in [6.07, 6.45) is 4.23. The number of nitrogens with zero attached hydrogens (tertiary/aromatic N) is 4. The normalized spacial score (nSPS) is 11.2. The molecule has 166 valence electrons. The van der Waals surface area contributed by atoms with Gasteiger partial charge in [0.05, 0.1) is 37.4 Å². The Kier molecular flexibility index (Phi) is 5.30. The van der Waals surface area contributed by atoms with E-state index in [1.54, 1.807) is 35.7 Å². The number of aryl methyl sites for hydroxylation is 1. The second-order valence-corrected chi connectivity index (χ2v) is 7.77. The molecule has 0 aliphatic rings. The smallest absolute Gasteiger partial charge is 0.261 e. The summed E-state index contributed by atoms with van der Waals surface area (Å²) >= 11 is 0. The van der Waals surface area contributed by atoms with Crippen LogP contribution >= 0.6 is 0 Å². The van der Waals surface area contributed by atoms with Crippen molar-refractivity contribution in [2.24, 2.45) is 0 Å². The average molecular weight is 441 g/mol. The number of rotatable bonds is 6. The zero-order valence-corrected chi connectivity index (χ0v) is 18.8. The van der Waals surface area contributed by atoms with Gasteiger partial charge in [0.1, 0.15) is 0 Å². The molecule has 2 aromatic carbocycles. The molecule has 0 N–H and O–H groups in total. The standard InChI is InChI=1S/C26H24N4O3/c1-4-20-24(18-8-6-5-7-9-18)25-27-15-19-21(30(25)28-20)12-13-29(26(19)31)16-17-10-11-22(32-2)23(14-17)33-3/h5-15H,4,16H2,1-3H3. The highest BCUT2D eigenvalue weighted by atomic mass is 16.5. The molecule has 0 atom stereocenters. The molecule has 7 heteroatoms. The van der Waals surface area contributed by atoms with Crippen molar-refractivity contribution in [2.75, 3.05) is 14.2 Å². The van der Waals surface area contributed by atoms with Crippen molar-refractivity contribution in [2.45, 2.75) is 19.9 Å². The van der Waals surface area contributed by atoms with Gasteiger partial charge in [-0.15, -0.1) is 0 Å². The molecular weight excluding hydrogens is 416 g/mol. The average Bonchev–Trinajstić information content (AvgIpc) is 3.25. The maximum absolute atomic E-state index is 13.3. The lowest BCUT2D eigenvalue weighted by molar-refractivity contribution is 0.354. The van der Waals surface area contributed by atoms with Crippen molar-refractivity contribution in [3.63, 3.8) is 0 Å². The Morgan fingerprint density at radius 2 is 1.76 bits per heavy atom. The van der Waals surface area contributed by atoms with Crippen LogP contribution in [0, 0.1) is 0 Å². The highest BCUT2D eigenvalue weighted by Gasteiger charge is 2.17. The maximum atomic E-state index is 13.3. The number of aromatic nitrogens is 4. The van der Waals surface area contributed by atoms with E-state index < -0.39 is 0 Å². The van der Waals surface area contributed by atoms with Crippen LogP contribution in [0.1, 0.15) is 18.2 Å². The second kappa shape index (κ2) is 8.43. The molecule has 3 heterocycles. The van der Waals surface area contributed by atoms with Crippen LogP contribution in [0.25, 0.3) is 27.7 Å². The van der Waals surface area contributed by atoms with E-state index in [9.17, 15) is 4.79 Å². The number of benzene rings is 2. The minimum atomic E-state index is -0.119. The third kappa shape index (κ3) is 3.51. The van der Waals surface area contributed by atoms with Crippen molar-refractivity contribution in [1.82, 2.24) is 19.2 Å². The Morgan fingerprint density at radius 3 is 2.48 bits per heavy atom. The summed E-state index contributed by atoms with van der Waals surface area (Å²) in [5, 5.41) is 5.33. The van der Waals surface area contributed by atoms with Gasteiger partial charge in [0.25, 0.3) is 5.56 Å². The first-order valence-corrected chi connectivity index (χ1v) is 10.8. The van der Waals surface area contributed by atoms with Crippen LogP contribution in [0.4, 0.5) is 0 Å². The quantitative estimate of drug-likeness (QED) is 0.393. The van der Waals surface area contributed by atoms with Crippen molar-refractivity contribution in [3.8, 4) is 22.6 Å². The topological polar surface area (TPSA) is 70.7 Å². The predicted molar refractivity (Wildman–Crippen MR) is 128 cm³/mol. The summed E-state index contributed by atoms with van der Waals surface area (Å²) < 4.78 is 14.2. The van der Waals surface area contributed by atoms with E-state index in [4.69, 9.17) is 14.6 Å². The molecule has 5 aromatic rings. The van der Waals surface area contributed by atoms with Crippen LogP contribution < -0.4 is 15.0 Å². The molecule has 0 radical (unpaired) electrons. The van der Waals surface area contributed by atoms with E-state index in [0.717, 1.165) is 40.0 Å². The Hall–Kier alpha value is -4.13. The molecular formula is C26H24N4O3. The molecule has 0 aliphatic carbocycles. The Morgan fingerprint density at radius 1 is 0.970 bits per heavy atom. The number of hydrogen-bond donors (Lipinski definition) is 0. The molecule has 0 bridgehead atoms. The minimum Gasteiger partial charge on any atom is -0.493 e. The summed E-state index contributed by atoms with van der Waals surface area (Å²) in [6.45, 7) is 2.48. The lowest BCUT2D eigenvalue weighted by Crippen LogP contribution is -2.21. The van der Waals surface area contributed by atoms with E-state index >= 15 is 0 Å². The Labute approximate surface area is 190 Å². The SMILES string of the molecule is CCc1nn2c(ncc3c(=O)n(Cc4ccc(OC)c(OC)c4)ccc32)c1-c1ccccc1. The molecule has 0 saturated carbocycles. The molecule has 0 unspecified atom stereocenters. The number of ether oxygens (including phenoxy) is 2. The largest absolute Gasteiger partial charge is 0.493 e. The van der Waals surface area contributed by atoms with Crippen molar-refractivity contribution in [1.29, 1.82) is 0 Å². The number of fused-ring (bicyclic) bond motifs is 3. The Bertz CT molecular complexity index is 1520. The number of methoxy groups -OCH3 is 2. The zero-order chi connectivity index (χ0) is 22.9. The van der Waals surface area contributed by atoms with Gasteiger partial charge in [0, 0.05) is 18.0 Å². The number of hydrogen-bond acceptors (Lipinski definition) is 5. The van der Waals surface area contributed by atoms with Gasteiger partial charge < -0.3 is 14.0 Å². The highest BCUT2D eigenvalue weighted by molar-refractivity contribution is 5.86. The lowest BCUT2D eigenvalue weighted by atomic mass is 10.0. The summed E-state index contributed by atoms with van der Waals surface area (Å²) in [5.41, 5.74) is 5.34. The first-order chi connectivity index (χ1) is 16.1. The van der Waals surface area contributed by atoms with Crippen LogP contribution in [0.5, 0.6) is 11.5 Å². The van der Waals surface area contributed by atoms with E-state index in [1.807, 2.05) is 42.5 Å². The fourth-order valence-corrected chi connectivity index (χ4v) is 4.20. The first kappa shape index (κ1) is 20.8. The van der Waals surface area contributed by atoms with Gasteiger partial charge in [-0.1, -0.05) is 43.3 Å². The van der Waals surface area contributed by atoms with Crippen LogP contribution in [-0.4, -0.2) is 33.4 Å². The summed E-state index contributed by atoms with van der Waals surface area (Å²) in [7, 11) is 3.20. The summed E-state index contributed by atoms with van der Waals surface area (Å²) in [4.78, 5) is 18.0. The molecule has 33 heavy (non-hydrogen) atoms. The molecule has 0 fully saturated rings. The van der Waals surface area contributed by atoms with Gasteiger partial charge in [-0.3, -0.25) is 4.79 Å². The molecule has 0 aliphatic heterocycles. The van der Waals surface area contributed by atoms with Gasteiger partial charge >= 0.3 is 0 Å². The van der Waals surface area contributed by atoms with Crippen molar-refractivity contribution >= 4 is 16.6 Å². The monoisotopic (exact) mass is 440 g/mol. The first-order valence-electron chi connectivity index (χ1n) is 10.8. The van der Waals surface area contributed by atoms with Crippen LogP contribution in [-0.2, 0) is 13.0 Å². The third-order valence-electron chi connectivity index (χ3n) is 5.86. The number of pyridine rings is 1. The highest BCUT2D eigenvalue weighted by Crippen LogP contribution is 2.30.